The molecule has 0 aliphatic carbocycles. The molecule has 1 aromatic carbocycles. The molecule has 0 radical (unpaired) electrons. The highest BCUT2D eigenvalue weighted by molar-refractivity contribution is 5.25. The average molecular weight is 233 g/mol. The highest BCUT2D eigenvalue weighted by Crippen LogP contribution is 2.32. The standard InChI is InChI=1S/C14H19NO2/c1-3-7-13(10-15)14(16,11-17-2)12-8-5-4-6-9-12/h4-6,8-9,13,16H,3,7,11H2,1-2H3. The van der Waals surface area contributed by atoms with Crippen LogP contribution in [0.3, 0.4) is 0 Å². The zero-order valence-electron chi connectivity index (χ0n) is 10.4. The summed E-state index contributed by atoms with van der Waals surface area (Å²) in [7, 11) is 1.54. The normalized spacial score (nSPS) is 15.9. The molecule has 2 atom stereocenters. The van der Waals surface area contributed by atoms with Crippen molar-refractivity contribution in [1.29, 1.82) is 5.26 Å². The van der Waals surface area contributed by atoms with Crippen molar-refractivity contribution in [3.8, 4) is 6.07 Å². The fourth-order valence-electron chi connectivity index (χ4n) is 2.03. The third-order valence-corrected chi connectivity index (χ3v) is 2.95. The first-order valence-corrected chi connectivity index (χ1v) is 5.85. The van der Waals surface area contributed by atoms with E-state index in [1.165, 1.54) is 7.11 Å². The number of hydrogen-bond acceptors (Lipinski definition) is 3. The van der Waals surface area contributed by atoms with Crippen LogP contribution in [-0.4, -0.2) is 18.8 Å². The maximum Gasteiger partial charge on any atom is 0.129 e. The number of nitrogens with zero attached hydrogens (tertiary/aromatic N) is 1. The summed E-state index contributed by atoms with van der Waals surface area (Å²) >= 11 is 0. The van der Waals surface area contributed by atoms with Crippen LogP contribution in [0.25, 0.3) is 0 Å². The number of methoxy groups -OCH3 is 1. The number of aliphatic hydroxyl groups is 1. The van der Waals surface area contributed by atoms with Crippen LogP contribution in [0, 0.1) is 17.2 Å². The molecule has 0 aliphatic rings. The van der Waals surface area contributed by atoms with Crippen LogP contribution in [0.15, 0.2) is 30.3 Å². The minimum atomic E-state index is -1.22. The lowest BCUT2D eigenvalue weighted by Gasteiger charge is -2.32. The van der Waals surface area contributed by atoms with Crippen LogP contribution in [0.5, 0.6) is 0 Å². The molecule has 0 saturated heterocycles. The van der Waals surface area contributed by atoms with Gasteiger partial charge in [-0.15, -0.1) is 0 Å². The molecule has 0 spiro atoms. The third kappa shape index (κ3) is 3.06. The minimum absolute atomic E-state index is 0.134. The van der Waals surface area contributed by atoms with Gasteiger partial charge in [0.2, 0.25) is 0 Å². The van der Waals surface area contributed by atoms with E-state index in [1.807, 2.05) is 37.3 Å². The fourth-order valence-corrected chi connectivity index (χ4v) is 2.03. The molecule has 3 nitrogen and oxygen atoms in total. The molecule has 2 unspecified atom stereocenters. The van der Waals surface area contributed by atoms with E-state index in [0.29, 0.717) is 6.42 Å². The van der Waals surface area contributed by atoms with Gasteiger partial charge in [0.1, 0.15) is 5.60 Å². The van der Waals surface area contributed by atoms with Gasteiger partial charge in [0.05, 0.1) is 18.6 Å². The maximum atomic E-state index is 10.7. The van der Waals surface area contributed by atoms with Crippen molar-refractivity contribution in [2.75, 3.05) is 13.7 Å². The van der Waals surface area contributed by atoms with E-state index < -0.39 is 11.5 Å². The predicted molar refractivity (Wildman–Crippen MR) is 66.2 cm³/mol. The maximum absolute atomic E-state index is 10.7. The smallest absolute Gasteiger partial charge is 0.129 e. The van der Waals surface area contributed by atoms with Gasteiger partial charge in [-0.1, -0.05) is 43.7 Å². The van der Waals surface area contributed by atoms with Crippen LogP contribution >= 0.6 is 0 Å². The molecule has 0 aliphatic heterocycles. The highest BCUT2D eigenvalue weighted by Gasteiger charge is 2.38. The fraction of sp³-hybridized carbons (Fsp3) is 0.500. The monoisotopic (exact) mass is 233 g/mol. The Balaban J connectivity index is 3.08. The van der Waals surface area contributed by atoms with Crippen molar-refractivity contribution < 1.29 is 9.84 Å². The number of benzene rings is 1. The van der Waals surface area contributed by atoms with Crippen molar-refractivity contribution in [3.05, 3.63) is 35.9 Å². The summed E-state index contributed by atoms with van der Waals surface area (Å²) in [6, 6.07) is 11.5. The number of ether oxygens (including phenoxy) is 1. The summed E-state index contributed by atoms with van der Waals surface area (Å²) in [6.45, 7) is 2.14. The van der Waals surface area contributed by atoms with Crippen LogP contribution in [0.4, 0.5) is 0 Å². The third-order valence-electron chi connectivity index (χ3n) is 2.95. The van der Waals surface area contributed by atoms with Gasteiger partial charge in [0.15, 0.2) is 0 Å². The quantitative estimate of drug-likeness (QED) is 0.821. The van der Waals surface area contributed by atoms with Gasteiger partial charge in [-0.3, -0.25) is 0 Å². The van der Waals surface area contributed by atoms with Crippen LogP contribution < -0.4 is 0 Å². The Hall–Kier alpha value is -1.37. The summed E-state index contributed by atoms with van der Waals surface area (Å²) in [5.41, 5.74) is -0.484. The summed E-state index contributed by atoms with van der Waals surface area (Å²) in [4.78, 5) is 0. The second-order valence-corrected chi connectivity index (χ2v) is 4.19. The average Bonchev–Trinajstić information content (AvgIpc) is 2.37. The Morgan fingerprint density at radius 3 is 2.53 bits per heavy atom. The molecule has 0 heterocycles. The lowest BCUT2D eigenvalue weighted by Crippen LogP contribution is -2.39. The molecule has 1 aromatic rings. The van der Waals surface area contributed by atoms with E-state index in [0.717, 1.165) is 12.0 Å². The molecular weight excluding hydrogens is 214 g/mol. The van der Waals surface area contributed by atoms with Crippen molar-refractivity contribution in [2.24, 2.45) is 5.92 Å². The van der Waals surface area contributed by atoms with Crippen LogP contribution in [0.2, 0.25) is 0 Å². The number of hydrogen-bond donors (Lipinski definition) is 1. The Kier molecular flexibility index (Phi) is 5.14. The molecule has 1 rings (SSSR count). The van der Waals surface area contributed by atoms with Crippen molar-refractivity contribution in [1.82, 2.24) is 0 Å². The minimum Gasteiger partial charge on any atom is -0.381 e. The molecule has 0 aromatic heterocycles. The molecule has 0 fully saturated rings. The van der Waals surface area contributed by atoms with E-state index in [4.69, 9.17) is 4.74 Å². The molecule has 92 valence electrons. The Labute approximate surface area is 103 Å². The number of nitriles is 1. The molecule has 0 saturated carbocycles. The van der Waals surface area contributed by atoms with Crippen LogP contribution in [0.1, 0.15) is 25.3 Å². The summed E-state index contributed by atoms with van der Waals surface area (Å²) in [5, 5.41) is 19.9. The topological polar surface area (TPSA) is 53.2 Å². The number of rotatable bonds is 6. The van der Waals surface area contributed by atoms with Gasteiger partial charge in [-0.25, -0.2) is 0 Å². The van der Waals surface area contributed by atoms with Gasteiger partial charge in [-0.05, 0) is 12.0 Å². The lowest BCUT2D eigenvalue weighted by molar-refractivity contribution is -0.0666. The van der Waals surface area contributed by atoms with E-state index >= 15 is 0 Å². The van der Waals surface area contributed by atoms with Gasteiger partial charge in [-0.2, -0.15) is 5.26 Å². The Morgan fingerprint density at radius 1 is 1.41 bits per heavy atom. The summed E-state index contributed by atoms with van der Waals surface area (Å²) in [6.07, 6.45) is 1.52. The highest BCUT2D eigenvalue weighted by atomic mass is 16.5. The van der Waals surface area contributed by atoms with Gasteiger partial charge < -0.3 is 9.84 Å². The van der Waals surface area contributed by atoms with Crippen molar-refractivity contribution in [3.63, 3.8) is 0 Å². The predicted octanol–water partition coefficient (Wildman–Crippen LogP) is 2.46. The van der Waals surface area contributed by atoms with Crippen molar-refractivity contribution in [2.45, 2.75) is 25.4 Å². The van der Waals surface area contributed by atoms with Gasteiger partial charge in [0.25, 0.3) is 0 Å². The largest absolute Gasteiger partial charge is 0.381 e. The summed E-state index contributed by atoms with van der Waals surface area (Å²) < 4.78 is 5.09. The second-order valence-electron chi connectivity index (χ2n) is 4.19. The first-order chi connectivity index (χ1) is 8.19. The van der Waals surface area contributed by atoms with Gasteiger partial charge in [0, 0.05) is 7.11 Å². The first kappa shape index (κ1) is 13.7. The van der Waals surface area contributed by atoms with E-state index in [1.54, 1.807) is 0 Å². The molecule has 0 amide bonds. The van der Waals surface area contributed by atoms with Crippen LogP contribution in [-0.2, 0) is 10.3 Å². The molecule has 1 N–H and O–H groups in total. The Bertz CT molecular complexity index is 372. The molecule has 17 heavy (non-hydrogen) atoms. The van der Waals surface area contributed by atoms with E-state index in [2.05, 4.69) is 6.07 Å². The van der Waals surface area contributed by atoms with E-state index in [-0.39, 0.29) is 6.61 Å². The van der Waals surface area contributed by atoms with E-state index in [9.17, 15) is 10.4 Å². The zero-order valence-corrected chi connectivity index (χ0v) is 10.4. The SMILES string of the molecule is CCCC(C#N)C(O)(COC)c1ccccc1. The summed E-state index contributed by atoms with van der Waals surface area (Å²) in [5.74, 6) is -0.449. The van der Waals surface area contributed by atoms with Gasteiger partial charge >= 0.3 is 0 Å². The Morgan fingerprint density at radius 2 is 2.06 bits per heavy atom. The van der Waals surface area contributed by atoms with Crippen molar-refractivity contribution >= 4 is 0 Å². The molecular formula is C14H19NO2. The lowest BCUT2D eigenvalue weighted by atomic mass is 9.80. The molecule has 3 heteroatoms. The first-order valence-electron chi connectivity index (χ1n) is 5.85. The zero-order chi connectivity index (χ0) is 12.7. The molecule has 0 bridgehead atoms. The second kappa shape index (κ2) is 6.39.